The summed E-state index contributed by atoms with van der Waals surface area (Å²) in [5.74, 6) is 0. The van der Waals surface area contributed by atoms with Gasteiger partial charge in [-0.1, -0.05) is 32.9 Å². The predicted octanol–water partition coefficient (Wildman–Crippen LogP) is 0.221. The minimum atomic E-state index is -4.73. The Hall–Kier alpha value is -1.12. The Kier molecular flexibility index (Phi) is 6.11. The van der Waals surface area contributed by atoms with Gasteiger partial charge in [-0.15, -0.1) is 5.10 Å². The van der Waals surface area contributed by atoms with Crippen LogP contribution in [0.4, 0.5) is 0 Å². The van der Waals surface area contributed by atoms with Crippen LogP contribution < -0.4 is 0 Å². The second-order valence-corrected chi connectivity index (χ2v) is 8.92. The number of hydrogen-bond acceptors (Lipinski definition) is 8. The molecule has 0 fully saturated rings. The average Bonchev–Trinajstić information content (AvgIpc) is 2.81. The van der Waals surface area contributed by atoms with Crippen molar-refractivity contribution in [2.24, 2.45) is 5.41 Å². The van der Waals surface area contributed by atoms with Crippen molar-refractivity contribution in [2.75, 3.05) is 13.2 Å². The van der Waals surface area contributed by atoms with Crippen LogP contribution in [0.5, 0.6) is 0 Å². The first kappa shape index (κ1) is 20.9. The molecular weight excluding hydrogens is 366 g/mol. The molecule has 2 N–H and O–H groups in total. The number of rotatable bonds is 8. The second-order valence-electron chi connectivity index (χ2n) is 6.74. The van der Waals surface area contributed by atoms with Gasteiger partial charge in [-0.25, -0.2) is 8.37 Å². The van der Waals surface area contributed by atoms with Crippen LogP contribution in [0.2, 0.25) is 0 Å². The van der Waals surface area contributed by atoms with Gasteiger partial charge in [-0.3, -0.25) is 13.8 Å². The molecule has 0 amide bonds. The summed E-state index contributed by atoms with van der Waals surface area (Å²) in [5, 5.41) is 7.87. The van der Waals surface area contributed by atoms with Crippen molar-refractivity contribution in [2.45, 2.75) is 39.7 Å². The van der Waals surface area contributed by atoms with Crippen LogP contribution in [0.3, 0.4) is 0 Å². The van der Waals surface area contributed by atoms with Crippen LogP contribution in [-0.4, -0.2) is 54.1 Å². The summed E-state index contributed by atoms with van der Waals surface area (Å²) in [7, 11) is -9.47. The molecule has 0 unspecified atom stereocenters. The minimum Gasteiger partial charge on any atom is -0.264 e. The highest BCUT2D eigenvalue weighted by molar-refractivity contribution is 7.81. The molecule has 0 aliphatic carbocycles. The molecule has 1 aromatic heterocycles. The molecule has 0 aromatic carbocycles. The average molecular weight is 387 g/mol. The Morgan fingerprint density at radius 2 is 1.50 bits per heavy atom. The zero-order valence-corrected chi connectivity index (χ0v) is 15.3. The van der Waals surface area contributed by atoms with E-state index in [1.54, 1.807) is 6.20 Å². The highest BCUT2D eigenvalue weighted by Gasteiger charge is 2.31. The summed E-state index contributed by atoms with van der Waals surface area (Å²) in [4.78, 5) is 0. The smallest absolute Gasteiger partial charge is 0.264 e. The van der Waals surface area contributed by atoms with Crippen molar-refractivity contribution in [3.63, 3.8) is 0 Å². The summed E-state index contributed by atoms with van der Waals surface area (Å²) >= 11 is 0. The molecule has 11 nitrogen and oxygen atoms in total. The van der Waals surface area contributed by atoms with Gasteiger partial charge >= 0.3 is 20.8 Å². The first-order valence-corrected chi connectivity index (χ1v) is 9.47. The van der Waals surface area contributed by atoms with E-state index in [1.807, 2.05) is 20.8 Å². The summed E-state index contributed by atoms with van der Waals surface area (Å²) < 4.78 is 70.4. The fourth-order valence-corrected chi connectivity index (χ4v) is 2.54. The van der Waals surface area contributed by atoms with Crippen molar-refractivity contribution >= 4 is 20.8 Å². The van der Waals surface area contributed by atoms with E-state index in [0.717, 1.165) is 0 Å². The molecule has 0 aliphatic rings. The fraction of sp³-hybridized carbons (Fsp3) is 0.818. The Bertz CT molecular complexity index is 727. The molecule has 0 saturated heterocycles. The van der Waals surface area contributed by atoms with Crippen LogP contribution in [-0.2, 0) is 41.1 Å². The molecule has 0 spiro atoms. The van der Waals surface area contributed by atoms with E-state index in [-0.39, 0.29) is 12.0 Å². The van der Waals surface area contributed by atoms with Gasteiger partial charge in [-0.05, 0) is 0 Å². The monoisotopic (exact) mass is 387 g/mol. The Morgan fingerprint density at radius 3 is 1.83 bits per heavy atom. The zero-order valence-electron chi connectivity index (χ0n) is 13.7. The van der Waals surface area contributed by atoms with Gasteiger partial charge in [0, 0.05) is 17.0 Å². The molecule has 1 heterocycles. The van der Waals surface area contributed by atoms with Crippen molar-refractivity contribution in [3.05, 3.63) is 11.9 Å². The maximum atomic E-state index is 10.8. The molecule has 1 rings (SSSR count). The number of nitrogens with zero attached hydrogens (tertiary/aromatic N) is 3. The third-order valence-electron chi connectivity index (χ3n) is 2.96. The molecule has 0 atom stereocenters. The van der Waals surface area contributed by atoms with Gasteiger partial charge in [0.2, 0.25) is 0 Å². The first-order chi connectivity index (χ1) is 10.6. The van der Waals surface area contributed by atoms with E-state index < -0.39 is 39.4 Å². The number of aromatic nitrogens is 3. The molecular formula is C11H21N3O8S2. The normalized spacial score (nSPS) is 14.1. The number of hydrogen-bond donors (Lipinski definition) is 2. The molecule has 0 bridgehead atoms. The van der Waals surface area contributed by atoms with Crippen molar-refractivity contribution in [1.82, 2.24) is 15.0 Å². The summed E-state index contributed by atoms with van der Waals surface area (Å²) in [6.45, 7) is 5.94. The van der Waals surface area contributed by atoms with Gasteiger partial charge in [0.25, 0.3) is 0 Å². The van der Waals surface area contributed by atoms with E-state index in [1.165, 1.54) is 11.6 Å². The third-order valence-corrected chi connectivity index (χ3v) is 3.79. The lowest BCUT2D eigenvalue weighted by Gasteiger charge is -2.27. The fourth-order valence-electron chi connectivity index (χ4n) is 1.68. The van der Waals surface area contributed by atoms with Crippen LogP contribution >= 0.6 is 0 Å². The molecule has 0 saturated carbocycles. The zero-order chi connectivity index (χ0) is 18.8. The van der Waals surface area contributed by atoms with Crippen molar-refractivity contribution in [3.8, 4) is 0 Å². The van der Waals surface area contributed by atoms with Crippen LogP contribution in [0.25, 0.3) is 0 Å². The third kappa shape index (κ3) is 7.63. The van der Waals surface area contributed by atoms with Crippen LogP contribution in [0.15, 0.2) is 6.20 Å². The Balaban J connectivity index is 2.97. The largest absolute Gasteiger partial charge is 0.397 e. The van der Waals surface area contributed by atoms with Crippen LogP contribution in [0.1, 0.15) is 33.4 Å². The summed E-state index contributed by atoms with van der Waals surface area (Å²) in [6.07, 6.45) is 1.61. The van der Waals surface area contributed by atoms with Gasteiger partial charge < -0.3 is 0 Å². The highest BCUT2D eigenvalue weighted by atomic mass is 32.3. The van der Waals surface area contributed by atoms with Gasteiger partial charge in [0.1, 0.15) is 0 Å². The van der Waals surface area contributed by atoms with E-state index in [9.17, 15) is 16.8 Å². The van der Waals surface area contributed by atoms with E-state index in [0.29, 0.717) is 5.69 Å². The van der Waals surface area contributed by atoms with Crippen molar-refractivity contribution in [1.29, 1.82) is 0 Å². The molecule has 1 aromatic rings. The molecule has 140 valence electrons. The van der Waals surface area contributed by atoms with Gasteiger partial charge in [-0.2, -0.15) is 16.8 Å². The topological polar surface area (TPSA) is 158 Å². The Labute approximate surface area is 140 Å². The standard InChI is InChI=1S/C11H21N3O8S2/c1-10(2,3)9-5-14(13-12-9)6-11(4,7-21-23(15,16)17)8-22-24(18,19)20/h5H,6-8H2,1-4H3,(H,15,16,17)(H,18,19,20). The molecule has 24 heavy (non-hydrogen) atoms. The molecule has 0 aliphatic heterocycles. The quantitative estimate of drug-likeness (QED) is 0.591. The predicted molar refractivity (Wildman–Crippen MR) is 81.8 cm³/mol. The maximum Gasteiger partial charge on any atom is 0.397 e. The van der Waals surface area contributed by atoms with Gasteiger partial charge in [0.05, 0.1) is 25.5 Å². The molecule has 13 heteroatoms. The van der Waals surface area contributed by atoms with Gasteiger partial charge in [0.15, 0.2) is 0 Å². The summed E-state index contributed by atoms with van der Waals surface area (Å²) in [5.41, 5.74) is -0.866. The van der Waals surface area contributed by atoms with E-state index in [2.05, 4.69) is 18.7 Å². The van der Waals surface area contributed by atoms with Crippen molar-refractivity contribution < 1.29 is 34.3 Å². The van der Waals surface area contributed by atoms with Crippen LogP contribution in [0, 0.1) is 5.41 Å². The lowest BCUT2D eigenvalue weighted by molar-refractivity contribution is 0.0685. The lowest BCUT2D eigenvalue weighted by Crippen LogP contribution is -2.36. The minimum absolute atomic E-state index is 0.0406. The first-order valence-electron chi connectivity index (χ1n) is 6.74. The molecule has 0 radical (unpaired) electrons. The highest BCUT2D eigenvalue weighted by Crippen LogP contribution is 2.24. The van der Waals surface area contributed by atoms with E-state index in [4.69, 9.17) is 9.11 Å². The van der Waals surface area contributed by atoms with E-state index >= 15 is 0 Å². The second kappa shape index (κ2) is 7.01. The Morgan fingerprint density at radius 1 is 1.04 bits per heavy atom. The lowest BCUT2D eigenvalue weighted by atomic mass is 9.92. The SMILES string of the molecule is CC(COS(=O)(=O)O)(COS(=O)(=O)O)Cn1cc(C(C)(C)C)nn1. The summed E-state index contributed by atoms with van der Waals surface area (Å²) in [6, 6.07) is 0. The maximum absolute atomic E-state index is 10.8.